The van der Waals surface area contributed by atoms with Gasteiger partial charge in [-0.3, -0.25) is 9.79 Å². The van der Waals surface area contributed by atoms with E-state index in [4.69, 9.17) is 21.3 Å². The molecule has 2 heterocycles. The molecule has 4 nitrogen and oxygen atoms in total. The summed E-state index contributed by atoms with van der Waals surface area (Å²) in [6.07, 6.45) is 3.96. The van der Waals surface area contributed by atoms with Crippen LogP contribution < -0.4 is 0 Å². The van der Waals surface area contributed by atoms with Crippen LogP contribution in [0.2, 0.25) is 5.02 Å². The molecule has 1 aliphatic heterocycles. The van der Waals surface area contributed by atoms with Gasteiger partial charge in [0.2, 0.25) is 0 Å². The number of carbonyl (C=O) groups is 1. The van der Waals surface area contributed by atoms with Gasteiger partial charge in [0, 0.05) is 34.1 Å². The van der Waals surface area contributed by atoms with Crippen LogP contribution in [0.25, 0.3) is 11.1 Å². The standard InChI is InChI=1S/C22H19ClN2O2/c1-2-27-21(26)14-25-12-16-11-24-22(15-6-4-3-5-7-15)19-10-17(23)8-9-18(19)20(16)13-25/h3-10,12-13H,2,11,14H2,1H3. The monoisotopic (exact) mass is 378 g/mol. The third-order valence-corrected chi connectivity index (χ3v) is 4.80. The van der Waals surface area contributed by atoms with Crippen molar-refractivity contribution >= 4 is 23.3 Å². The molecule has 136 valence electrons. The van der Waals surface area contributed by atoms with Crippen molar-refractivity contribution in [2.24, 2.45) is 4.99 Å². The summed E-state index contributed by atoms with van der Waals surface area (Å²) >= 11 is 6.30. The zero-order valence-electron chi connectivity index (χ0n) is 15.0. The zero-order valence-corrected chi connectivity index (χ0v) is 15.7. The Balaban J connectivity index is 1.80. The fourth-order valence-corrected chi connectivity index (χ4v) is 3.58. The number of aliphatic imine (C=N–C) groups is 1. The van der Waals surface area contributed by atoms with Gasteiger partial charge in [-0.05, 0) is 30.2 Å². The largest absolute Gasteiger partial charge is 0.465 e. The number of aromatic nitrogens is 1. The molecule has 3 aromatic rings. The molecular weight excluding hydrogens is 360 g/mol. The van der Waals surface area contributed by atoms with E-state index >= 15 is 0 Å². The van der Waals surface area contributed by atoms with Gasteiger partial charge in [0.25, 0.3) is 0 Å². The molecule has 5 heteroatoms. The van der Waals surface area contributed by atoms with E-state index in [0.29, 0.717) is 18.2 Å². The number of halogens is 1. The van der Waals surface area contributed by atoms with Crippen LogP contribution in [0.15, 0.2) is 65.9 Å². The molecule has 0 saturated carbocycles. The Hall–Kier alpha value is -2.85. The highest BCUT2D eigenvalue weighted by molar-refractivity contribution is 6.31. The predicted molar refractivity (Wildman–Crippen MR) is 107 cm³/mol. The Bertz CT molecular complexity index is 1020. The molecular formula is C22H19ClN2O2. The number of carbonyl (C=O) groups excluding carboxylic acids is 1. The maximum Gasteiger partial charge on any atom is 0.325 e. The van der Waals surface area contributed by atoms with E-state index < -0.39 is 0 Å². The first-order chi connectivity index (χ1) is 13.2. The van der Waals surface area contributed by atoms with Crippen LogP contribution in [0.4, 0.5) is 0 Å². The minimum atomic E-state index is -0.243. The zero-order chi connectivity index (χ0) is 18.8. The fourth-order valence-electron chi connectivity index (χ4n) is 3.41. The molecule has 0 atom stereocenters. The molecule has 27 heavy (non-hydrogen) atoms. The van der Waals surface area contributed by atoms with Gasteiger partial charge >= 0.3 is 5.97 Å². The van der Waals surface area contributed by atoms with Crippen LogP contribution >= 0.6 is 11.6 Å². The lowest BCUT2D eigenvalue weighted by Gasteiger charge is -2.11. The molecule has 0 saturated heterocycles. The first-order valence-corrected chi connectivity index (χ1v) is 9.28. The summed E-state index contributed by atoms with van der Waals surface area (Å²) < 4.78 is 6.92. The van der Waals surface area contributed by atoms with Crippen molar-refractivity contribution in [3.63, 3.8) is 0 Å². The molecule has 1 aromatic heterocycles. The Labute approximate surface area is 163 Å². The van der Waals surface area contributed by atoms with Crippen LogP contribution in [0.5, 0.6) is 0 Å². The van der Waals surface area contributed by atoms with Crippen LogP contribution in [0.3, 0.4) is 0 Å². The highest BCUT2D eigenvalue weighted by Gasteiger charge is 2.21. The van der Waals surface area contributed by atoms with Gasteiger partial charge in [-0.15, -0.1) is 0 Å². The summed E-state index contributed by atoms with van der Waals surface area (Å²) in [4.78, 5) is 16.7. The molecule has 2 aromatic carbocycles. The van der Waals surface area contributed by atoms with E-state index in [1.807, 2.05) is 60.3 Å². The number of benzene rings is 2. The molecule has 0 spiro atoms. The summed E-state index contributed by atoms with van der Waals surface area (Å²) in [6, 6.07) is 16.0. The number of hydrogen-bond acceptors (Lipinski definition) is 3. The predicted octanol–water partition coefficient (Wildman–Crippen LogP) is 4.72. The highest BCUT2D eigenvalue weighted by atomic mass is 35.5. The minimum absolute atomic E-state index is 0.193. The number of hydrogen-bond donors (Lipinski definition) is 0. The Morgan fingerprint density at radius 2 is 1.93 bits per heavy atom. The van der Waals surface area contributed by atoms with Crippen molar-refractivity contribution in [3.8, 4) is 11.1 Å². The SMILES string of the molecule is CCOC(=O)Cn1cc2c(c1)-c1ccc(Cl)cc1C(c1ccccc1)=NC2. The molecule has 4 rings (SSSR count). The summed E-state index contributed by atoms with van der Waals surface area (Å²) in [5, 5.41) is 0.673. The number of esters is 1. The van der Waals surface area contributed by atoms with E-state index in [1.165, 1.54) is 0 Å². The van der Waals surface area contributed by atoms with E-state index in [0.717, 1.165) is 33.5 Å². The van der Waals surface area contributed by atoms with Gasteiger partial charge in [0.15, 0.2) is 0 Å². The lowest BCUT2D eigenvalue weighted by atomic mass is 9.94. The van der Waals surface area contributed by atoms with Crippen molar-refractivity contribution in [2.45, 2.75) is 20.0 Å². The second-order valence-electron chi connectivity index (χ2n) is 6.40. The van der Waals surface area contributed by atoms with Crippen molar-refractivity contribution < 1.29 is 9.53 Å². The van der Waals surface area contributed by atoms with E-state index in [1.54, 1.807) is 0 Å². The van der Waals surface area contributed by atoms with Gasteiger partial charge in [-0.1, -0.05) is 48.0 Å². The molecule has 0 N–H and O–H groups in total. The number of ether oxygens (including phenoxy) is 1. The van der Waals surface area contributed by atoms with Gasteiger partial charge < -0.3 is 9.30 Å². The van der Waals surface area contributed by atoms with Gasteiger partial charge in [-0.2, -0.15) is 0 Å². The van der Waals surface area contributed by atoms with E-state index in [9.17, 15) is 4.79 Å². The van der Waals surface area contributed by atoms with Crippen LogP contribution in [-0.4, -0.2) is 22.9 Å². The molecule has 0 radical (unpaired) electrons. The molecule has 0 unspecified atom stereocenters. The summed E-state index contributed by atoms with van der Waals surface area (Å²) in [5.74, 6) is -0.243. The average molecular weight is 379 g/mol. The lowest BCUT2D eigenvalue weighted by Crippen LogP contribution is -2.12. The molecule has 0 amide bonds. The van der Waals surface area contributed by atoms with Gasteiger partial charge in [-0.25, -0.2) is 0 Å². The quantitative estimate of drug-likeness (QED) is 0.616. The second-order valence-corrected chi connectivity index (χ2v) is 6.83. The van der Waals surface area contributed by atoms with Crippen LogP contribution in [0.1, 0.15) is 23.6 Å². The minimum Gasteiger partial charge on any atom is -0.465 e. The molecule has 0 aliphatic carbocycles. The van der Waals surface area contributed by atoms with Crippen molar-refractivity contribution in [2.75, 3.05) is 6.61 Å². The Morgan fingerprint density at radius 3 is 2.70 bits per heavy atom. The number of fused-ring (bicyclic) bond motifs is 3. The van der Waals surface area contributed by atoms with Crippen LogP contribution in [-0.2, 0) is 22.6 Å². The number of nitrogens with zero attached hydrogens (tertiary/aromatic N) is 2. The van der Waals surface area contributed by atoms with Gasteiger partial charge in [0.1, 0.15) is 6.54 Å². The summed E-state index contributed by atoms with van der Waals surface area (Å²) in [7, 11) is 0. The van der Waals surface area contributed by atoms with Crippen molar-refractivity contribution in [1.82, 2.24) is 4.57 Å². The van der Waals surface area contributed by atoms with E-state index in [-0.39, 0.29) is 12.5 Å². The van der Waals surface area contributed by atoms with Crippen LogP contribution in [0, 0.1) is 0 Å². The topological polar surface area (TPSA) is 43.6 Å². The van der Waals surface area contributed by atoms with Gasteiger partial charge in [0.05, 0.1) is 18.9 Å². The number of rotatable bonds is 4. The molecule has 0 bridgehead atoms. The second kappa shape index (κ2) is 7.41. The lowest BCUT2D eigenvalue weighted by molar-refractivity contribution is -0.143. The summed E-state index contributed by atoms with van der Waals surface area (Å²) in [6.45, 7) is 2.93. The third-order valence-electron chi connectivity index (χ3n) is 4.56. The Kier molecular flexibility index (Phi) is 4.82. The maximum absolute atomic E-state index is 11.8. The molecule has 1 aliphatic rings. The highest BCUT2D eigenvalue weighted by Crippen LogP contribution is 2.35. The third kappa shape index (κ3) is 3.53. The van der Waals surface area contributed by atoms with Crippen molar-refractivity contribution in [1.29, 1.82) is 0 Å². The maximum atomic E-state index is 11.8. The smallest absolute Gasteiger partial charge is 0.325 e. The fraction of sp³-hybridized carbons (Fsp3) is 0.182. The summed E-state index contributed by atoms with van der Waals surface area (Å²) in [5.41, 5.74) is 6.21. The van der Waals surface area contributed by atoms with Crippen molar-refractivity contribution in [3.05, 3.63) is 82.6 Å². The normalized spacial score (nSPS) is 12.6. The Morgan fingerprint density at radius 1 is 1.11 bits per heavy atom. The molecule has 0 fully saturated rings. The first-order valence-electron chi connectivity index (χ1n) is 8.90. The average Bonchev–Trinajstić information content (AvgIpc) is 2.99. The van der Waals surface area contributed by atoms with E-state index in [2.05, 4.69) is 12.1 Å². The first kappa shape index (κ1) is 17.6.